The van der Waals surface area contributed by atoms with Gasteiger partial charge in [0.2, 0.25) is 5.91 Å². The van der Waals surface area contributed by atoms with Crippen LogP contribution in [0.15, 0.2) is 0 Å². The largest absolute Gasteiger partial charge is 0.393 e. The van der Waals surface area contributed by atoms with Crippen molar-refractivity contribution in [2.45, 2.75) is 32.7 Å². The van der Waals surface area contributed by atoms with Crippen LogP contribution >= 0.6 is 12.2 Å². The zero-order valence-electron chi connectivity index (χ0n) is 12.1. The van der Waals surface area contributed by atoms with Crippen LogP contribution in [0, 0.1) is 5.41 Å². The molecule has 1 fully saturated rings. The quantitative estimate of drug-likeness (QED) is 0.551. The molecule has 1 atom stereocenters. The van der Waals surface area contributed by atoms with Crippen LogP contribution < -0.4 is 11.1 Å². The monoisotopic (exact) mass is 287 g/mol. The predicted octanol–water partition coefficient (Wildman–Crippen LogP) is 0.526. The molecule has 1 rings (SSSR count). The van der Waals surface area contributed by atoms with Crippen LogP contribution in [0.2, 0.25) is 0 Å². The Balaban J connectivity index is 2.42. The number of likely N-dealkylation sites (tertiary alicyclic amines) is 1. The predicted molar refractivity (Wildman–Crippen MR) is 80.0 cm³/mol. The highest BCUT2D eigenvalue weighted by Gasteiger charge is 2.35. The Morgan fingerprint density at radius 3 is 2.58 bits per heavy atom. The summed E-state index contributed by atoms with van der Waals surface area (Å²) in [4.78, 5) is 14.7. The average Bonchev–Trinajstić information content (AvgIpc) is 2.39. The van der Waals surface area contributed by atoms with Gasteiger partial charge in [-0.15, -0.1) is 0 Å². The van der Waals surface area contributed by atoms with Gasteiger partial charge in [0.1, 0.15) is 0 Å². The van der Waals surface area contributed by atoms with Crippen LogP contribution in [0.3, 0.4) is 0 Å². The normalized spacial score (nSPS) is 20.8. The zero-order chi connectivity index (χ0) is 14.5. The number of carbonyl (C=O) groups is 1. The van der Waals surface area contributed by atoms with Crippen LogP contribution in [0.4, 0.5) is 0 Å². The van der Waals surface area contributed by atoms with Crippen LogP contribution in [-0.4, -0.2) is 55.2 Å². The lowest BCUT2D eigenvalue weighted by molar-refractivity contribution is -0.126. The first-order chi connectivity index (χ1) is 8.90. The third-order valence-corrected chi connectivity index (χ3v) is 4.52. The average molecular weight is 287 g/mol. The second kappa shape index (κ2) is 7.17. The minimum atomic E-state index is -0.118. The first-order valence-electron chi connectivity index (χ1n) is 6.71. The zero-order valence-corrected chi connectivity index (χ0v) is 12.9. The molecule has 110 valence electrons. The fraction of sp³-hybridized carbons (Fsp3) is 0.846. The summed E-state index contributed by atoms with van der Waals surface area (Å²) in [6, 6.07) is -0.118. The van der Waals surface area contributed by atoms with Gasteiger partial charge >= 0.3 is 0 Å². The molecule has 0 aromatic heterocycles. The Kier molecular flexibility index (Phi) is 6.16. The van der Waals surface area contributed by atoms with E-state index in [0.717, 1.165) is 25.9 Å². The number of hydrogen-bond donors (Lipinski definition) is 2. The van der Waals surface area contributed by atoms with Gasteiger partial charge in [0.15, 0.2) is 0 Å². The van der Waals surface area contributed by atoms with Gasteiger partial charge in [0, 0.05) is 19.1 Å². The molecule has 1 aliphatic heterocycles. The molecule has 0 spiro atoms. The number of thiocarbonyl (C=S) groups is 1. The maximum Gasteiger partial charge on any atom is 0.237 e. The van der Waals surface area contributed by atoms with E-state index in [2.05, 4.69) is 17.1 Å². The van der Waals surface area contributed by atoms with Gasteiger partial charge in [-0.05, 0) is 32.9 Å². The lowest BCUT2D eigenvalue weighted by Crippen LogP contribution is -2.52. The number of carbonyl (C=O) groups excluding carboxylic acids is 1. The van der Waals surface area contributed by atoms with Gasteiger partial charge in [-0.25, -0.2) is 0 Å². The summed E-state index contributed by atoms with van der Waals surface area (Å²) < 4.78 is 4.91. The van der Waals surface area contributed by atoms with E-state index in [1.807, 2.05) is 6.92 Å². The molecule has 0 bridgehead atoms. The molecule has 1 heterocycles. The first kappa shape index (κ1) is 16.3. The van der Waals surface area contributed by atoms with Gasteiger partial charge in [-0.3, -0.25) is 9.69 Å². The Morgan fingerprint density at radius 1 is 1.53 bits per heavy atom. The summed E-state index contributed by atoms with van der Waals surface area (Å²) in [5.41, 5.74) is 5.73. The van der Waals surface area contributed by atoms with Gasteiger partial charge in [0.05, 0.1) is 17.6 Å². The van der Waals surface area contributed by atoms with Crippen LogP contribution in [0.25, 0.3) is 0 Å². The number of methoxy groups -OCH3 is 1. The van der Waals surface area contributed by atoms with E-state index < -0.39 is 0 Å². The molecule has 3 N–H and O–H groups in total. The fourth-order valence-electron chi connectivity index (χ4n) is 2.24. The number of ether oxygens (including phenoxy) is 1. The van der Waals surface area contributed by atoms with Crippen molar-refractivity contribution in [3.8, 4) is 0 Å². The molecule has 6 heteroatoms. The summed E-state index contributed by atoms with van der Waals surface area (Å²) in [6.45, 7) is 6.84. The van der Waals surface area contributed by atoms with E-state index in [1.165, 1.54) is 0 Å². The molecule has 0 aromatic rings. The van der Waals surface area contributed by atoms with E-state index >= 15 is 0 Å². The summed E-state index contributed by atoms with van der Waals surface area (Å²) in [5, 5.41) is 2.87. The smallest absolute Gasteiger partial charge is 0.237 e. The molecule has 0 aromatic carbocycles. The molecular formula is C13H25N3O2S. The van der Waals surface area contributed by atoms with Gasteiger partial charge in [-0.2, -0.15) is 0 Å². The maximum atomic E-state index is 12.0. The highest BCUT2D eigenvalue weighted by atomic mass is 32.1. The molecule has 1 saturated heterocycles. The van der Waals surface area contributed by atoms with Crippen molar-refractivity contribution in [2.75, 3.05) is 33.4 Å². The molecule has 0 radical (unpaired) electrons. The van der Waals surface area contributed by atoms with Crippen molar-refractivity contribution in [2.24, 2.45) is 11.1 Å². The summed E-state index contributed by atoms with van der Waals surface area (Å²) in [5.74, 6) is 0.0518. The van der Waals surface area contributed by atoms with Crippen LogP contribution in [0.1, 0.15) is 26.7 Å². The maximum absolute atomic E-state index is 12.0. The Morgan fingerprint density at radius 2 is 2.11 bits per heavy atom. The fourth-order valence-corrected chi connectivity index (χ4v) is 2.45. The van der Waals surface area contributed by atoms with E-state index in [0.29, 0.717) is 18.1 Å². The minimum absolute atomic E-state index is 0.0518. The molecule has 19 heavy (non-hydrogen) atoms. The molecule has 1 unspecified atom stereocenters. The van der Waals surface area contributed by atoms with Crippen molar-refractivity contribution in [3.63, 3.8) is 0 Å². The number of amides is 1. The van der Waals surface area contributed by atoms with Crippen molar-refractivity contribution in [1.29, 1.82) is 0 Å². The van der Waals surface area contributed by atoms with Crippen LogP contribution in [-0.2, 0) is 9.53 Å². The van der Waals surface area contributed by atoms with E-state index in [9.17, 15) is 4.79 Å². The SMILES string of the molecule is COCCNC(=O)C(C)N1CCC(C)(C(N)=S)CC1. The van der Waals surface area contributed by atoms with E-state index in [1.54, 1.807) is 7.11 Å². The van der Waals surface area contributed by atoms with Crippen molar-refractivity contribution in [3.05, 3.63) is 0 Å². The molecule has 0 saturated carbocycles. The number of nitrogens with two attached hydrogens (primary N) is 1. The van der Waals surface area contributed by atoms with Crippen molar-refractivity contribution >= 4 is 23.1 Å². The molecule has 0 aliphatic carbocycles. The standard InChI is InChI=1S/C13H25N3O2S/c1-10(11(17)15-6-9-18-3)16-7-4-13(2,5-8-16)12(14)19/h10H,4-9H2,1-3H3,(H2,14,19)(H,15,17). The first-order valence-corrected chi connectivity index (χ1v) is 7.12. The number of piperidine rings is 1. The number of rotatable bonds is 6. The number of nitrogens with one attached hydrogen (secondary N) is 1. The lowest BCUT2D eigenvalue weighted by Gasteiger charge is -2.40. The van der Waals surface area contributed by atoms with Crippen LogP contribution in [0.5, 0.6) is 0 Å². The van der Waals surface area contributed by atoms with Gasteiger partial charge in [0.25, 0.3) is 0 Å². The highest BCUT2D eigenvalue weighted by Crippen LogP contribution is 2.31. The Hall–Kier alpha value is -0.720. The van der Waals surface area contributed by atoms with Crippen molar-refractivity contribution in [1.82, 2.24) is 10.2 Å². The minimum Gasteiger partial charge on any atom is -0.393 e. The Labute approximate surface area is 120 Å². The van der Waals surface area contributed by atoms with Gasteiger partial charge in [-0.1, -0.05) is 19.1 Å². The van der Waals surface area contributed by atoms with Crippen molar-refractivity contribution < 1.29 is 9.53 Å². The number of hydrogen-bond acceptors (Lipinski definition) is 4. The lowest BCUT2D eigenvalue weighted by atomic mass is 9.80. The molecular weight excluding hydrogens is 262 g/mol. The molecule has 1 amide bonds. The second-order valence-corrected chi connectivity index (χ2v) is 5.86. The molecule has 5 nitrogen and oxygen atoms in total. The summed E-state index contributed by atoms with van der Waals surface area (Å²) >= 11 is 5.12. The van der Waals surface area contributed by atoms with E-state index in [-0.39, 0.29) is 17.4 Å². The number of nitrogens with zero attached hydrogens (tertiary/aromatic N) is 1. The molecule has 1 aliphatic rings. The third kappa shape index (κ3) is 4.40. The summed E-state index contributed by atoms with van der Waals surface area (Å²) in [7, 11) is 1.62. The second-order valence-electron chi connectivity index (χ2n) is 5.42. The van der Waals surface area contributed by atoms with Gasteiger partial charge < -0.3 is 15.8 Å². The Bertz CT molecular complexity index is 328. The van der Waals surface area contributed by atoms with E-state index in [4.69, 9.17) is 22.7 Å². The topological polar surface area (TPSA) is 67.6 Å². The highest BCUT2D eigenvalue weighted by molar-refractivity contribution is 7.80. The summed E-state index contributed by atoms with van der Waals surface area (Å²) in [6.07, 6.45) is 1.83. The third-order valence-electron chi connectivity index (χ3n) is 4.03.